The van der Waals surface area contributed by atoms with Crippen LogP contribution in [0.25, 0.3) is 5.65 Å². The number of hydrogen-bond acceptors (Lipinski definition) is 3. The molecule has 0 aliphatic carbocycles. The van der Waals surface area contributed by atoms with E-state index < -0.39 is 0 Å². The molecule has 0 amide bonds. The second kappa shape index (κ2) is 11.3. The van der Waals surface area contributed by atoms with Crippen LogP contribution in [-0.2, 0) is 6.54 Å². The van der Waals surface area contributed by atoms with Crippen molar-refractivity contribution in [2.24, 2.45) is 0 Å². The Morgan fingerprint density at radius 3 is 2.48 bits per heavy atom. The summed E-state index contributed by atoms with van der Waals surface area (Å²) in [4.78, 5) is 6.71. The van der Waals surface area contributed by atoms with Crippen molar-refractivity contribution in [2.75, 3.05) is 27.2 Å². The fourth-order valence-corrected chi connectivity index (χ4v) is 1.91. The Morgan fingerprint density at radius 1 is 1.19 bits per heavy atom. The van der Waals surface area contributed by atoms with E-state index in [1.165, 1.54) is 11.3 Å². The number of imidazole rings is 1. The molecule has 21 heavy (non-hydrogen) atoms. The van der Waals surface area contributed by atoms with E-state index in [9.17, 15) is 0 Å². The molecule has 0 saturated heterocycles. The standard InChI is InChI=1S/C13H20N4.2C2H6/c1-11-4-5-13-15-8-12(17(13)9-11)10-16(3)7-6-14-2;2*1-2/h4-5,8-9,14H,6-7,10H2,1-3H3;2*1-2H3. The Kier molecular flexibility index (Phi) is 10.5. The summed E-state index contributed by atoms with van der Waals surface area (Å²) in [6.07, 6.45) is 4.11. The van der Waals surface area contributed by atoms with Crippen LogP contribution in [0, 0.1) is 6.92 Å². The number of aromatic nitrogens is 2. The van der Waals surface area contributed by atoms with E-state index >= 15 is 0 Å². The first kappa shape index (κ1) is 19.6. The summed E-state index contributed by atoms with van der Waals surface area (Å²) >= 11 is 0. The lowest BCUT2D eigenvalue weighted by Gasteiger charge is -2.15. The summed E-state index contributed by atoms with van der Waals surface area (Å²) in [5.41, 5.74) is 3.52. The topological polar surface area (TPSA) is 32.6 Å². The number of likely N-dealkylation sites (N-methyl/N-ethyl adjacent to an activating group) is 2. The number of pyridine rings is 1. The van der Waals surface area contributed by atoms with Crippen molar-refractivity contribution in [1.29, 1.82) is 0 Å². The zero-order valence-corrected chi connectivity index (χ0v) is 14.8. The highest BCUT2D eigenvalue weighted by Crippen LogP contribution is 2.10. The Bertz CT molecular complexity index is 490. The minimum atomic E-state index is 0.923. The lowest BCUT2D eigenvalue weighted by molar-refractivity contribution is 0.323. The molecule has 2 aromatic rings. The molecule has 4 heteroatoms. The molecule has 0 spiro atoms. The first-order valence-corrected chi connectivity index (χ1v) is 7.96. The van der Waals surface area contributed by atoms with E-state index in [4.69, 9.17) is 0 Å². The Morgan fingerprint density at radius 2 is 1.86 bits per heavy atom. The van der Waals surface area contributed by atoms with Crippen LogP contribution in [-0.4, -0.2) is 41.5 Å². The molecule has 0 unspecified atom stereocenters. The van der Waals surface area contributed by atoms with Gasteiger partial charge in [0.1, 0.15) is 5.65 Å². The van der Waals surface area contributed by atoms with Crippen LogP contribution in [0.4, 0.5) is 0 Å². The van der Waals surface area contributed by atoms with E-state index in [1.54, 1.807) is 0 Å². The zero-order chi connectivity index (χ0) is 16.3. The monoisotopic (exact) mass is 292 g/mol. The van der Waals surface area contributed by atoms with Crippen molar-refractivity contribution >= 4 is 5.65 Å². The quantitative estimate of drug-likeness (QED) is 0.917. The van der Waals surface area contributed by atoms with E-state index in [-0.39, 0.29) is 0 Å². The molecular weight excluding hydrogens is 260 g/mol. The molecule has 0 aliphatic heterocycles. The number of aryl methyl sites for hydroxylation is 1. The van der Waals surface area contributed by atoms with Gasteiger partial charge in [0.2, 0.25) is 0 Å². The van der Waals surface area contributed by atoms with Crippen LogP contribution >= 0.6 is 0 Å². The minimum absolute atomic E-state index is 0.923. The summed E-state index contributed by atoms with van der Waals surface area (Å²) in [5.74, 6) is 0. The predicted octanol–water partition coefficient (Wildman–Crippen LogP) is 3.35. The molecule has 2 heterocycles. The molecule has 0 aromatic carbocycles. The maximum absolute atomic E-state index is 4.41. The Labute approximate surface area is 130 Å². The van der Waals surface area contributed by atoms with Gasteiger partial charge in [0, 0.05) is 25.8 Å². The molecule has 4 nitrogen and oxygen atoms in total. The maximum Gasteiger partial charge on any atom is 0.136 e. The second-order valence-electron chi connectivity index (χ2n) is 4.53. The van der Waals surface area contributed by atoms with Gasteiger partial charge in [-0.05, 0) is 32.6 Å². The van der Waals surface area contributed by atoms with Gasteiger partial charge in [-0.2, -0.15) is 0 Å². The van der Waals surface area contributed by atoms with Crippen LogP contribution in [0.15, 0.2) is 24.5 Å². The van der Waals surface area contributed by atoms with Crippen LogP contribution < -0.4 is 5.32 Å². The van der Waals surface area contributed by atoms with Gasteiger partial charge in [-0.3, -0.25) is 4.90 Å². The van der Waals surface area contributed by atoms with Gasteiger partial charge in [-0.15, -0.1) is 0 Å². The summed E-state index contributed by atoms with van der Waals surface area (Å²) in [5, 5.41) is 3.16. The van der Waals surface area contributed by atoms with Crippen molar-refractivity contribution in [1.82, 2.24) is 19.6 Å². The summed E-state index contributed by atoms with van der Waals surface area (Å²) in [6, 6.07) is 4.16. The van der Waals surface area contributed by atoms with Gasteiger partial charge >= 0.3 is 0 Å². The van der Waals surface area contributed by atoms with Crippen molar-refractivity contribution < 1.29 is 0 Å². The fourth-order valence-electron chi connectivity index (χ4n) is 1.91. The highest BCUT2D eigenvalue weighted by Gasteiger charge is 2.05. The molecule has 0 radical (unpaired) electrons. The Balaban J connectivity index is 0.000000921. The Hall–Kier alpha value is -1.39. The van der Waals surface area contributed by atoms with Gasteiger partial charge < -0.3 is 9.72 Å². The van der Waals surface area contributed by atoms with Gasteiger partial charge in [-0.25, -0.2) is 4.98 Å². The van der Waals surface area contributed by atoms with Crippen molar-refractivity contribution in [2.45, 2.75) is 41.2 Å². The van der Waals surface area contributed by atoms with E-state index in [1.807, 2.05) is 40.9 Å². The van der Waals surface area contributed by atoms with Crippen molar-refractivity contribution in [3.05, 3.63) is 35.8 Å². The van der Waals surface area contributed by atoms with Gasteiger partial charge in [0.25, 0.3) is 0 Å². The highest BCUT2D eigenvalue weighted by molar-refractivity contribution is 5.41. The molecule has 2 aromatic heterocycles. The van der Waals surface area contributed by atoms with Gasteiger partial charge in [0.15, 0.2) is 0 Å². The minimum Gasteiger partial charge on any atom is -0.318 e. The van der Waals surface area contributed by atoms with Crippen molar-refractivity contribution in [3.8, 4) is 0 Å². The molecule has 2 rings (SSSR count). The zero-order valence-electron chi connectivity index (χ0n) is 14.8. The smallest absolute Gasteiger partial charge is 0.136 e. The van der Waals surface area contributed by atoms with Crippen molar-refractivity contribution in [3.63, 3.8) is 0 Å². The average Bonchev–Trinajstić information content (AvgIpc) is 2.91. The third-order valence-corrected chi connectivity index (χ3v) is 2.91. The molecule has 0 bridgehead atoms. The summed E-state index contributed by atoms with van der Waals surface area (Å²) < 4.78 is 2.17. The largest absolute Gasteiger partial charge is 0.318 e. The third-order valence-electron chi connectivity index (χ3n) is 2.91. The van der Waals surface area contributed by atoms with Crippen LogP contribution in [0.3, 0.4) is 0 Å². The normalized spacial score (nSPS) is 9.90. The lowest BCUT2D eigenvalue weighted by atomic mass is 10.3. The lowest BCUT2D eigenvalue weighted by Crippen LogP contribution is -2.27. The van der Waals surface area contributed by atoms with Gasteiger partial charge in [0.05, 0.1) is 11.9 Å². The molecular formula is C17H32N4. The maximum atomic E-state index is 4.41. The fraction of sp³-hybridized carbons (Fsp3) is 0.588. The number of rotatable bonds is 5. The molecule has 0 fully saturated rings. The molecule has 0 saturated carbocycles. The number of nitrogens with one attached hydrogen (secondary N) is 1. The molecule has 1 N–H and O–H groups in total. The number of hydrogen-bond donors (Lipinski definition) is 1. The molecule has 0 aliphatic rings. The van der Waals surface area contributed by atoms with Crippen LogP contribution in [0.5, 0.6) is 0 Å². The summed E-state index contributed by atoms with van der Waals surface area (Å²) in [6.45, 7) is 13.1. The second-order valence-corrected chi connectivity index (χ2v) is 4.53. The number of fused-ring (bicyclic) bond motifs is 1. The first-order chi connectivity index (χ1) is 10.2. The number of nitrogens with zero attached hydrogens (tertiary/aromatic N) is 3. The highest BCUT2D eigenvalue weighted by atomic mass is 15.1. The van der Waals surface area contributed by atoms with Gasteiger partial charge in [-0.1, -0.05) is 33.8 Å². The van der Waals surface area contributed by atoms with E-state index in [0.29, 0.717) is 0 Å². The molecule has 0 atom stereocenters. The predicted molar refractivity (Wildman–Crippen MR) is 92.9 cm³/mol. The van der Waals surface area contributed by atoms with E-state index in [2.05, 4.69) is 51.9 Å². The first-order valence-electron chi connectivity index (χ1n) is 7.96. The third kappa shape index (κ3) is 6.27. The van der Waals surface area contributed by atoms with E-state index in [0.717, 1.165) is 25.3 Å². The average molecular weight is 292 g/mol. The SMILES string of the molecule is CC.CC.CNCCN(C)Cc1cnc2ccc(C)cn12. The van der Waals surface area contributed by atoms with Crippen LogP contribution in [0.2, 0.25) is 0 Å². The summed E-state index contributed by atoms with van der Waals surface area (Å²) in [7, 11) is 4.11. The molecule has 120 valence electrons. The van der Waals surface area contributed by atoms with Crippen LogP contribution in [0.1, 0.15) is 39.0 Å².